The first-order chi connectivity index (χ1) is 15.8. The standard InChI is InChI=1S/C23H30F6N4O/c1-12(10-24)11-31-21(34)15(9-22(2,26)27)14-3-4-16-19(17(14)25)33-20(32-16)18(30)13-5-7-23(28,29)8-6-13/h3-4,12-13,15,18H,5-11,30H2,1-2H3,(H,31,34)(H,32,33)/t12?,15-,18-/m0/s1. The Morgan fingerprint density at radius 3 is 2.56 bits per heavy atom. The van der Waals surface area contributed by atoms with Crippen LogP contribution in [0.2, 0.25) is 0 Å². The van der Waals surface area contributed by atoms with E-state index in [4.69, 9.17) is 5.73 Å². The fourth-order valence-corrected chi connectivity index (χ4v) is 4.30. The molecule has 1 unspecified atom stereocenters. The molecular formula is C23H30F6N4O. The summed E-state index contributed by atoms with van der Waals surface area (Å²) in [6.45, 7) is 1.39. The number of hydrogen-bond acceptors (Lipinski definition) is 3. The lowest BCUT2D eigenvalue weighted by Crippen LogP contribution is -2.35. The van der Waals surface area contributed by atoms with E-state index in [1.165, 1.54) is 19.1 Å². The van der Waals surface area contributed by atoms with Gasteiger partial charge in [0.1, 0.15) is 11.3 Å². The number of carbonyl (C=O) groups excluding carboxylic acids is 1. The Labute approximate surface area is 193 Å². The van der Waals surface area contributed by atoms with E-state index in [-0.39, 0.29) is 60.6 Å². The molecule has 0 bridgehead atoms. The Hall–Kier alpha value is -2.30. The van der Waals surface area contributed by atoms with Crippen LogP contribution < -0.4 is 11.1 Å². The first kappa shape index (κ1) is 26.3. The van der Waals surface area contributed by atoms with Crippen molar-refractivity contribution < 1.29 is 31.1 Å². The fraction of sp³-hybridized carbons (Fsp3) is 0.652. The highest BCUT2D eigenvalue weighted by atomic mass is 19.3. The fourth-order valence-electron chi connectivity index (χ4n) is 4.30. The summed E-state index contributed by atoms with van der Waals surface area (Å²) >= 11 is 0. The first-order valence-corrected chi connectivity index (χ1v) is 11.3. The van der Waals surface area contributed by atoms with E-state index in [0.29, 0.717) is 6.92 Å². The highest BCUT2D eigenvalue weighted by Crippen LogP contribution is 2.41. The lowest BCUT2D eigenvalue weighted by molar-refractivity contribution is -0.125. The third kappa shape index (κ3) is 6.22. The molecule has 4 N–H and O–H groups in total. The molecule has 0 spiro atoms. The van der Waals surface area contributed by atoms with E-state index in [2.05, 4.69) is 15.3 Å². The van der Waals surface area contributed by atoms with Crippen LogP contribution in [0.5, 0.6) is 0 Å². The molecule has 3 atom stereocenters. The van der Waals surface area contributed by atoms with E-state index in [1.807, 2.05) is 0 Å². The maximum absolute atomic E-state index is 15.4. The van der Waals surface area contributed by atoms with Gasteiger partial charge in [-0.05, 0) is 31.7 Å². The molecule has 0 radical (unpaired) electrons. The van der Waals surface area contributed by atoms with Crippen molar-refractivity contribution in [2.75, 3.05) is 13.2 Å². The Kier molecular flexibility index (Phi) is 7.84. The molecule has 2 aromatic rings. The second kappa shape index (κ2) is 10.1. The molecule has 11 heteroatoms. The molecule has 1 aliphatic carbocycles. The highest BCUT2D eigenvalue weighted by Gasteiger charge is 2.38. The van der Waals surface area contributed by atoms with E-state index < -0.39 is 54.5 Å². The zero-order valence-corrected chi connectivity index (χ0v) is 19.1. The predicted octanol–water partition coefficient (Wildman–Crippen LogP) is 5.38. The van der Waals surface area contributed by atoms with Crippen LogP contribution in [0.4, 0.5) is 26.3 Å². The summed E-state index contributed by atoms with van der Waals surface area (Å²) < 4.78 is 82.8. The molecule has 1 amide bonds. The van der Waals surface area contributed by atoms with Crippen molar-refractivity contribution in [3.63, 3.8) is 0 Å². The predicted molar refractivity (Wildman–Crippen MR) is 116 cm³/mol. The van der Waals surface area contributed by atoms with Gasteiger partial charge < -0.3 is 16.0 Å². The van der Waals surface area contributed by atoms with Gasteiger partial charge in [0.2, 0.25) is 17.8 Å². The van der Waals surface area contributed by atoms with E-state index >= 15 is 4.39 Å². The van der Waals surface area contributed by atoms with Gasteiger partial charge in [-0.2, -0.15) is 0 Å². The van der Waals surface area contributed by atoms with Crippen LogP contribution in [-0.4, -0.2) is 40.9 Å². The zero-order chi connectivity index (χ0) is 25.3. The minimum Gasteiger partial charge on any atom is -0.355 e. The second-order valence-corrected chi connectivity index (χ2v) is 9.54. The number of amides is 1. The summed E-state index contributed by atoms with van der Waals surface area (Å²) in [7, 11) is 0. The number of aromatic amines is 1. The number of aromatic nitrogens is 2. The molecule has 190 valence electrons. The number of alkyl halides is 5. The van der Waals surface area contributed by atoms with Gasteiger partial charge in [-0.3, -0.25) is 9.18 Å². The molecular weight excluding hydrogens is 462 g/mol. The van der Waals surface area contributed by atoms with Gasteiger partial charge >= 0.3 is 0 Å². The molecule has 1 heterocycles. The number of hydrogen-bond donors (Lipinski definition) is 3. The second-order valence-electron chi connectivity index (χ2n) is 9.54. The number of nitrogens with two attached hydrogens (primary N) is 1. The van der Waals surface area contributed by atoms with E-state index in [0.717, 1.165) is 0 Å². The molecule has 1 aromatic heterocycles. The molecule has 3 rings (SSSR count). The molecule has 1 aliphatic rings. The number of carbonyl (C=O) groups is 1. The van der Waals surface area contributed by atoms with Crippen LogP contribution in [0.25, 0.3) is 11.0 Å². The topological polar surface area (TPSA) is 83.8 Å². The van der Waals surface area contributed by atoms with Crippen LogP contribution in [-0.2, 0) is 4.79 Å². The van der Waals surface area contributed by atoms with Gasteiger partial charge in [0.05, 0.1) is 24.2 Å². The molecule has 1 fully saturated rings. The lowest BCUT2D eigenvalue weighted by atomic mass is 9.82. The first-order valence-electron chi connectivity index (χ1n) is 11.3. The molecule has 0 saturated heterocycles. The van der Waals surface area contributed by atoms with Gasteiger partial charge in [-0.25, -0.2) is 26.9 Å². The minimum atomic E-state index is -3.27. The van der Waals surface area contributed by atoms with Crippen LogP contribution in [0.3, 0.4) is 0 Å². The number of rotatable bonds is 9. The highest BCUT2D eigenvalue weighted by molar-refractivity contribution is 5.86. The molecule has 5 nitrogen and oxygen atoms in total. The van der Waals surface area contributed by atoms with Gasteiger partial charge in [0.15, 0.2) is 5.82 Å². The third-order valence-corrected chi connectivity index (χ3v) is 6.37. The Bertz CT molecular complexity index is 995. The zero-order valence-electron chi connectivity index (χ0n) is 19.1. The summed E-state index contributed by atoms with van der Waals surface area (Å²) in [6.07, 6.45) is -1.12. The van der Waals surface area contributed by atoms with Gasteiger partial charge in [0.25, 0.3) is 0 Å². The van der Waals surface area contributed by atoms with Crippen LogP contribution in [0.1, 0.15) is 69.3 Å². The van der Waals surface area contributed by atoms with Crippen molar-refractivity contribution in [3.05, 3.63) is 29.3 Å². The van der Waals surface area contributed by atoms with Gasteiger partial charge in [-0.15, -0.1) is 0 Å². The van der Waals surface area contributed by atoms with Crippen molar-refractivity contribution in [1.82, 2.24) is 15.3 Å². The number of imidazole rings is 1. The summed E-state index contributed by atoms with van der Waals surface area (Å²) in [5.41, 5.74) is 6.05. The monoisotopic (exact) mass is 492 g/mol. The minimum absolute atomic E-state index is 0.0766. The smallest absolute Gasteiger partial charge is 0.248 e. The summed E-state index contributed by atoms with van der Waals surface area (Å²) in [5.74, 6) is -9.86. The Balaban J connectivity index is 1.89. The maximum atomic E-state index is 15.4. The number of H-pyrrole nitrogens is 1. The molecule has 0 aliphatic heterocycles. The number of nitrogens with zero attached hydrogens (tertiary/aromatic N) is 1. The van der Waals surface area contributed by atoms with Crippen LogP contribution in [0, 0.1) is 17.7 Å². The van der Waals surface area contributed by atoms with Crippen molar-refractivity contribution in [2.45, 2.75) is 69.8 Å². The Morgan fingerprint density at radius 1 is 1.32 bits per heavy atom. The molecule has 1 saturated carbocycles. The Morgan fingerprint density at radius 2 is 1.97 bits per heavy atom. The number of nitrogens with one attached hydrogen (secondary N) is 2. The summed E-state index contributed by atoms with van der Waals surface area (Å²) in [5, 5.41) is 2.41. The largest absolute Gasteiger partial charge is 0.355 e. The van der Waals surface area contributed by atoms with Gasteiger partial charge in [0, 0.05) is 37.3 Å². The van der Waals surface area contributed by atoms with Crippen LogP contribution in [0.15, 0.2) is 12.1 Å². The SMILES string of the molecule is CC(CF)CNC(=O)[C@@H](CC(C)(F)F)c1ccc2[nH]c([C@@H](N)C3CCC(F)(F)CC3)nc2c1F. The van der Waals surface area contributed by atoms with Crippen molar-refractivity contribution in [1.29, 1.82) is 0 Å². The average molecular weight is 493 g/mol. The molecule has 34 heavy (non-hydrogen) atoms. The number of halogens is 6. The van der Waals surface area contributed by atoms with Crippen LogP contribution >= 0.6 is 0 Å². The van der Waals surface area contributed by atoms with Crippen molar-refractivity contribution in [2.24, 2.45) is 17.6 Å². The van der Waals surface area contributed by atoms with Crippen molar-refractivity contribution in [3.8, 4) is 0 Å². The van der Waals surface area contributed by atoms with Gasteiger partial charge in [-0.1, -0.05) is 13.0 Å². The normalized spacial score (nSPS) is 19.7. The van der Waals surface area contributed by atoms with Crippen molar-refractivity contribution >= 4 is 16.9 Å². The van der Waals surface area contributed by atoms with E-state index in [1.54, 1.807) is 0 Å². The lowest BCUT2D eigenvalue weighted by Gasteiger charge is -2.31. The quantitative estimate of drug-likeness (QED) is 0.411. The summed E-state index contributed by atoms with van der Waals surface area (Å²) in [4.78, 5) is 19.7. The average Bonchev–Trinajstić information content (AvgIpc) is 3.20. The number of fused-ring (bicyclic) bond motifs is 1. The molecule has 1 aromatic carbocycles. The van der Waals surface area contributed by atoms with E-state index in [9.17, 15) is 26.7 Å². The summed E-state index contributed by atoms with van der Waals surface area (Å²) in [6, 6.07) is 1.93. The number of benzene rings is 1. The third-order valence-electron chi connectivity index (χ3n) is 6.37. The maximum Gasteiger partial charge on any atom is 0.248 e.